The van der Waals surface area contributed by atoms with Gasteiger partial charge in [0.15, 0.2) is 0 Å². The number of nitro groups is 2. The Morgan fingerprint density at radius 3 is 2.14 bits per heavy atom. The number of anilines is 1. The van der Waals surface area contributed by atoms with E-state index in [9.17, 15) is 20.2 Å². The first-order valence-electron chi connectivity index (χ1n) is 6.17. The van der Waals surface area contributed by atoms with E-state index in [1.54, 1.807) is 11.9 Å². The van der Waals surface area contributed by atoms with Crippen molar-refractivity contribution in [2.24, 2.45) is 0 Å². The van der Waals surface area contributed by atoms with Crippen LogP contribution < -0.4 is 4.90 Å². The van der Waals surface area contributed by atoms with Gasteiger partial charge in [-0.05, 0) is 11.6 Å². The van der Waals surface area contributed by atoms with Gasteiger partial charge in [0.2, 0.25) is 0 Å². The molecular weight excluding hydrogens is 274 g/mol. The highest BCUT2D eigenvalue weighted by Crippen LogP contribution is 2.31. The molecule has 7 heteroatoms. The summed E-state index contributed by atoms with van der Waals surface area (Å²) in [6, 6.07) is 13.5. The lowest BCUT2D eigenvalue weighted by Gasteiger charge is -2.19. The molecule has 2 aromatic carbocycles. The zero-order chi connectivity index (χ0) is 15.4. The fourth-order valence-corrected chi connectivity index (χ4v) is 2.00. The monoisotopic (exact) mass is 287 g/mol. The largest absolute Gasteiger partial charge is 0.370 e. The smallest absolute Gasteiger partial charge is 0.348 e. The zero-order valence-corrected chi connectivity index (χ0v) is 11.3. The minimum atomic E-state index is -0.751. The number of hydrogen-bond acceptors (Lipinski definition) is 5. The van der Waals surface area contributed by atoms with Crippen LogP contribution in [0.1, 0.15) is 5.56 Å². The molecule has 7 nitrogen and oxygen atoms in total. The van der Waals surface area contributed by atoms with Gasteiger partial charge in [0.1, 0.15) is 0 Å². The van der Waals surface area contributed by atoms with Gasteiger partial charge in [-0.1, -0.05) is 30.3 Å². The molecule has 0 aliphatic carbocycles. The van der Waals surface area contributed by atoms with Crippen LogP contribution in [-0.4, -0.2) is 16.9 Å². The van der Waals surface area contributed by atoms with Crippen LogP contribution in [0.15, 0.2) is 48.5 Å². The van der Waals surface area contributed by atoms with Crippen molar-refractivity contribution in [2.45, 2.75) is 6.54 Å². The number of rotatable bonds is 5. The van der Waals surface area contributed by atoms with Crippen molar-refractivity contribution in [1.29, 1.82) is 0 Å². The molecule has 0 saturated carbocycles. The molecule has 0 fully saturated rings. The van der Waals surface area contributed by atoms with Crippen molar-refractivity contribution in [3.63, 3.8) is 0 Å². The van der Waals surface area contributed by atoms with Crippen molar-refractivity contribution in [1.82, 2.24) is 0 Å². The Morgan fingerprint density at radius 2 is 1.57 bits per heavy atom. The van der Waals surface area contributed by atoms with E-state index in [4.69, 9.17) is 0 Å². The average Bonchev–Trinajstić information content (AvgIpc) is 2.47. The maximum Gasteiger partial charge on any atom is 0.348 e. The summed E-state index contributed by atoms with van der Waals surface area (Å²) in [5.74, 6) is 0. The molecule has 0 unspecified atom stereocenters. The van der Waals surface area contributed by atoms with Crippen molar-refractivity contribution in [3.05, 3.63) is 74.3 Å². The second kappa shape index (κ2) is 6.00. The van der Waals surface area contributed by atoms with Gasteiger partial charge in [-0.25, -0.2) is 0 Å². The van der Waals surface area contributed by atoms with Crippen molar-refractivity contribution in [2.75, 3.05) is 11.9 Å². The van der Waals surface area contributed by atoms with Gasteiger partial charge in [-0.2, -0.15) is 0 Å². The second-order valence-electron chi connectivity index (χ2n) is 4.53. The zero-order valence-electron chi connectivity index (χ0n) is 11.3. The first-order valence-corrected chi connectivity index (χ1v) is 6.17. The highest BCUT2D eigenvalue weighted by Gasteiger charge is 2.24. The average molecular weight is 287 g/mol. The van der Waals surface area contributed by atoms with Crippen molar-refractivity contribution in [3.8, 4) is 0 Å². The summed E-state index contributed by atoms with van der Waals surface area (Å²) in [5, 5.41) is 21.7. The molecule has 108 valence electrons. The van der Waals surface area contributed by atoms with Crippen LogP contribution in [0.4, 0.5) is 17.1 Å². The molecule has 0 aliphatic heterocycles. The van der Waals surface area contributed by atoms with Gasteiger partial charge in [0, 0.05) is 31.4 Å². The van der Waals surface area contributed by atoms with E-state index < -0.39 is 21.2 Å². The van der Waals surface area contributed by atoms with Gasteiger partial charge < -0.3 is 4.90 Å². The molecule has 0 N–H and O–H groups in total. The maximum atomic E-state index is 10.9. The highest BCUT2D eigenvalue weighted by atomic mass is 16.6. The van der Waals surface area contributed by atoms with Gasteiger partial charge in [0.05, 0.1) is 9.85 Å². The van der Waals surface area contributed by atoms with Crippen LogP contribution in [0.3, 0.4) is 0 Å². The number of nitro benzene ring substituents is 2. The summed E-state index contributed by atoms with van der Waals surface area (Å²) in [7, 11) is 1.78. The maximum absolute atomic E-state index is 10.9. The van der Waals surface area contributed by atoms with Gasteiger partial charge in [-0.15, -0.1) is 0 Å². The summed E-state index contributed by atoms with van der Waals surface area (Å²) in [5.41, 5.74) is 0.589. The lowest BCUT2D eigenvalue weighted by Crippen LogP contribution is -2.16. The third kappa shape index (κ3) is 3.33. The normalized spacial score (nSPS) is 10.1. The second-order valence-corrected chi connectivity index (χ2v) is 4.53. The number of benzene rings is 2. The van der Waals surface area contributed by atoms with Crippen LogP contribution in [0, 0.1) is 20.2 Å². The van der Waals surface area contributed by atoms with Crippen LogP contribution in [-0.2, 0) is 6.54 Å². The molecule has 2 aromatic rings. The number of nitrogens with zero attached hydrogens (tertiary/aromatic N) is 3. The predicted octanol–water partition coefficient (Wildman–Crippen LogP) is 3.14. The lowest BCUT2D eigenvalue weighted by molar-refractivity contribution is -0.422. The molecule has 0 saturated heterocycles. The summed E-state index contributed by atoms with van der Waals surface area (Å²) >= 11 is 0. The van der Waals surface area contributed by atoms with E-state index in [0.29, 0.717) is 12.2 Å². The Balaban J connectivity index is 2.30. The molecule has 0 amide bonds. The third-order valence-corrected chi connectivity index (χ3v) is 3.06. The van der Waals surface area contributed by atoms with Crippen LogP contribution in [0.5, 0.6) is 0 Å². The summed E-state index contributed by atoms with van der Waals surface area (Å²) in [4.78, 5) is 22.0. The van der Waals surface area contributed by atoms with E-state index in [2.05, 4.69) is 0 Å². The van der Waals surface area contributed by atoms with Gasteiger partial charge in [-0.3, -0.25) is 20.2 Å². The van der Waals surface area contributed by atoms with E-state index in [1.165, 1.54) is 12.1 Å². The Labute approximate surface area is 120 Å². The molecule has 0 heterocycles. The fraction of sp³-hybridized carbons (Fsp3) is 0.143. The molecular formula is C14H13N3O4. The van der Waals surface area contributed by atoms with Crippen molar-refractivity contribution < 1.29 is 9.85 Å². The van der Waals surface area contributed by atoms with Crippen LogP contribution >= 0.6 is 0 Å². The minimum Gasteiger partial charge on any atom is -0.370 e. The molecule has 21 heavy (non-hydrogen) atoms. The Bertz CT molecular complexity index is 673. The molecule has 0 spiro atoms. The van der Waals surface area contributed by atoms with Crippen LogP contribution in [0.25, 0.3) is 0 Å². The quantitative estimate of drug-likeness (QED) is 0.622. The standard InChI is InChI=1S/C14H13N3O4/c1-15(10-11-5-3-2-4-6-11)12-7-8-13(16(18)19)14(9-12)17(20)21/h2-9H,10H2,1H3. The SMILES string of the molecule is CN(Cc1ccccc1)c1ccc([N+](=O)[O-])c([N+](=O)[O-])c1. The Hall–Kier alpha value is -2.96. The fourth-order valence-electron chi connectivity index (χ4n) is 2.00. The summed E-state index contributed by atoms with van der Waals surface area (Å²) in [6.07, 6.45) is 0. The Morgan fingerprint density at radius 1 is 0.952 bits per heavy atom. The number of hydrogen-bond donors (Lipinski definition) is 0. The van der Waals surface area contributed by atoms with E-state index >= 15 is 0 Å². The minimum absolute atomic E-state index is 0.502. The predicted molar refractivity (Wildman–Crippen MR) is 78.3 cm³/mol. The topological polar surface area (TPSA) is 89.5 Å². The Kier molecular flexibility index (Phi) is 4.13. The van der Waals surface area contributed by atoms with Gasteiger partial charge in [0.25, 0.3) is 0 Å². The third-order valence-electron chi connectivity index (χ3n) is 3.06. The molecule has 0 aromatic heterocycles. The van der Waals surface area contributed by atoms with E-state index in [0.717, 1.165) is 11.6 Å². The summed E-state index contributed by atoms with van der Waals surface area (Å²) in [6.45, 7) is 0.551. The molecule has 0 aliphatic rings. The molecule has 0 bridgehead atoms. The van der Waals surface area contributed by atoms with Crippen molar-refractivity contribution >= 4 is 17.1 Å². The first-order chi connectivity index (χ1) is 9.99. The van der Waals surface area contributed by atoms with Crippen LogP contribution in [0.2, 0.25) is 0 Å². The molecule has 0 radical (unpaired) electrons. The van der Waals surface area contributed by atoms with E-state index in [-0.39, 0.29) is 0 Å². The highest BCUT2D eigenvalue weighted by molar-refractivity contribution is 5.62. The first kappa shape index (κ1) is 14.4. The van der Waals surface area contributed by atoms with E-state index in [1.807, 2.05) is 30.3 Å². The van der Waals surface area contributed by atoms with Gasteiger partial charge >= 0.3 is 11.4 Å². The molecule has 2 rings (SSSR count). The molecule has 0 atom stereocenters. The summed E-state index contributed by atoms with van der Waals surface area (Å²) < 4.78 is 0. The lowest BCUT2D eigenvalue weighted by atomic mass is 10.2.